The van der Waals surface area contributed by atoms with Gasteiger partial charge in [-0.05, 0) is 43.0 Å². The number of nitrogens with one attached hydrogen (secondary N) is 1. The lowest BCUT2D eigenvalue weighted by atomic mass is 10.1. The zero-order valence-corrected chi connectivity index (χ0v) is 18.5. The van der Waals surface area contributed by atoms with Gasteiger partial charge in [0, 0.05) is 22.8 Å². The number of alkyl halides is 3. The number of pyridine rings is 2. The van der Waals surface area contributed by atoms with Crippen molar-refractivity contribution < 1.29 is 18.0 Å². The summed E-state index contributed by atoms with van der Waals surface area (Å²) in [5, 5.41) is 21.8. The van der Waals surface area contributed by atoms with E-state index in [1.54, 1.807) is 18.2 Å². The van der Waals surface area contributed by atoms with Crippen LogP contribution < -0.4 is 5.32 Å². The predicted molar refractivity (Wildman–Crippen MR) is 118 cm³/mol. The molecule has 0 unspecified atom stereocenters. The van der Waals surface area contributed by atoms with Crippen LogP contribution in [0.4, 0.5) is 18.2 Å². The van der Waals surface area contributed by atoms with Crippen molar-refractivity contribution in [3.63, 3.8) is 0 Å². The summed E-state index contributed by atoms with van der Waals surface area (Å²) in [6.45, 7) is 0. The minimum absolute atomic E-state index is 0.00113. The van der Waals surface area contributed by atoms with Crippen LogP contribution in [0, 0.1) is 22.7 Å². The molecule has 1 aliphatic rings. The van der Waals surface area contributed by atoms with Crippen molar-refractivity contribution in [2.75, 3.05) is 11.1 Å². The van der Waals surface area contributed by atoms with E-state index in [0.29, 0.717) is 16.1 Å². The van der Waals surface area contributed by atoms with Crippen LogP contribution in [0.5, 0.6) is 0 Å². The molecule has 0 fully saturated rings. The van der Waals surface area contributed by atoms with Crippen LogP contribution in [0.15, 0.2) is 35.6 Å². The van der Waals surface area contributed by atoms with E-state index in [9.17, 15) is 28.5 Å². The highest BCUT2D eigenvalue weighted by molar-refractivity contribution is 8.00. The number of thioether (sulfide) groups is 1. The quantitative estimate of drug-likeness (QED) is 0.499. The van der Waals surface area contributed by atoms with Crippen molar-refractivity contribution in [2.45, 2.75) is 30.5 Å². The van der Waals surface area contributed by atoms with E-state index < -0.39 is 23.2 Å². The molecule has 3 aromatic rings. The van der Waals surface area contributed by atoms with Crippen LogP contribution in [-0.2, 0) is 23.8 Å². The first kappa shape index (κ1) is 22.8. The summed E-state index contributed by atoms with van der Waals surface area (Å²) in [7, 11) is 0. The fourth-order valence-corrected chi connectivity index (χ4v) is 5.59. The van der Waals surface area contributed by atoms with E-state index in [2.05, 4.69) is 21.4 Å². The summed E-state index contributed by atoms with van der Waals surface area (Å²) < 4.78 is 40.9. The normalized spacial score (nSPS) is 12.6. The molecule has 0 aliphatic heterocycles. The number of halogens is 3. The number of aryl methyl sites for hydroxylation is 1. The van der Waals surface area contributed by atoms with E-state index >= 15 is 0 Å². The highest BCUT2D eigenvalue weighted by Gasteiger charge is 2.36. The molecule has 0 spiro atoms. The Morgan fingerprint density at radius 2 is 2.03 bits per heavy atom. The number of rotatable bonds is 5. The Morgan fingerprint density at radius 1 is 1.24 bits per heavy atom. The average molecular weight is 486 g/mol. The van der Waals surface area contributed by atoms with Gasteiger partial charge in [-0.25, -0.2) is 4.98 Å². The van der Waals surface area contributed by atoms with E-state index in [0.717, 1.165) is 47.5 Å². The third kappa shape index (κ3) is 4.70. The molecular formula is C22H14F3N5OS2. The summed E-state index contributed by atoms with van der Waals surface area (Å²) in [6, 6.07) is 7.63. The Morgan fingerprint density at radius 3 is 2.70 bits per heavy atom. The van der Waals surface area contributed by atoms with Gasteiger partial charge in [0.1, 0.15) is 22.2 Å². The van der Waals surface area contributed by atoms with E-state index in [-0.39, 0.29) is 16.5 Å². The number of aromatic nitrogens is 2. The van der Waals surface area contributed by atoms with Gasteiger partial charge >= 0.3 is 6.18 Å². The number of anilines is 1. The Labute approximate surface area is 195 Å². The average Bonchev–Trinajstić information content (AvgIpc) is 3.37. The monoisotopic (exact) mass is 485 g/mol. The van der Waals surface area contributed by atoms with Crippen molar-refractivity contribution in [3.8, 4) is 23.4 Å². The lowest BCUT2D eigenvalue weighted by Crippen LogP contribution is -2.15. The van der Waals surface area contributed by atoms with Crippen LogP contribution in [0.2, 0.25) is 0 Å². The molecule has 0 saturated heterocycles. The molecule has 1 N–H and O–H groups in total. The van der Waals surface area contributed by atoms with Crippen molar-refractivity contribution in [2.24, 2.45) is 0 Å². The van der Waals surface area contributed by atoms with Gasteiger partial charge in [-0.3, -0.25) is 9.78 Å². The van der Waals surface area contributed by atoms with Crippen molar-refractivity contribution in [1.29, 1.82) is 10.5 Å². The second kappa shape index (κ2) is 9.22. The number of nitriles is 2. The van der Waals surface area contributed by atoms with Gasteiger partial charge in [0.25, 0.3) is 0 Å². The minimum Gasteiger partial charge on any atom is -0.316 e. The summed E-state index contributed by atoms with van der Waals surface area (Å²) in [4.78, 5) is 21.7. The molecule has 33 heavy (non-hydrogen) atoms. The Bertz CT molecular complexity index is 1310. The standard InChI is InChI=1S/C22H14F3N5OS2/c23-22(24,25)16-7-17(12-3-2-6-28-10-12)29-20(15(16)9-27)32-11-19(31)30-21-14(8-26)13-4-1-5-18(13)33-21/h2-3,6-7,10H,1,4-5,11H2,(H,30,31). The first-order chi connectivity index (χ1) is 15.8. The maximum absolute atomic E-state index is 13.6. The number of amides is 1. The summed E-state index contributed by atoms with van der Waals surface area (Å²) in [6.07, 6.45) is 0.689. The number of carbonyl (C=O) groups is 1. The zero-order valence-electron chi connectivity index (χ0n) is 16.9. The lowest BCUT2D eigenvalue weighted by molar-refractivity contribution is -0.138. The molecule has 6 nitrogen and oxygen atoms in total. The first-order valence-corrected chi connectivity index (χ1v) is 11.5. The molecule has 3 aromatic heterocycles. The van der Waals surface area contributed by atoms with Crippen molar-refractivity contribution in [3.05, 3.63) is 57.7 Å². The molecular weight excluding hydrogens is 471 g/mol. The summed E-state index contributed by atoms with van der Waals surface area (Å²) in [5.74, 6) is -0.773. The number of nitrogens with zero attached hydrogens (tertiary/aromatic N) is 4. The largest absolute Gasteiger partial charge is 0.417 e. The number of thiophene rings is 1. The molecule has 1 aliphatic carbocycles. The highest BCUT2D eigenvalue weighted by Crippen LogP contribution is 2.40. The summed E-state index contributed by atoms with van der Waals surface area (Å²) >= 11 is 2.09. The fraction of sp³-hybridized carbons (Fsp3) is 0.227. The SMILES string of the molecule is N#Cc1c(C(F)(F)F)cc(-c2cccnc2)nc1SCC(=O)Nc1sc2c(c1C#N)CCC2. The van der Waals surface area contributed by atoms with Crippen LogP contribution in [-0.4, -0.2) is 21.6 Å². The molecule has 1 amide bonds. The molecule has 11 heteroatoms. The van der Waals surface area contributed by atoms with Crippen molar-refractivity contribution >= 4 is 34.0 Å². The Hall–Kier alpha value is -3.41. The van der Waals surface area contributed by atoms with Crippen LogP contribution >= 0.6 is 23.1 Å². The number of carbonyl (C=O) groups excluding carboxylic acids is 1. The van der Waals surface area contributed by atoms with Crippen molar-refractivity contribution in [1.82, 2.24) is 9.97 Å². The van der Waals surface area contributed by atoms with Gasteiger partial charge in [-0.2, -0.15) is 23.7 Å². The Balaban J connectivity index is 1.60. The fourth-order valence-electron chi connectivity index (χ4n) is 3.53. The summed E-state index contributed by atoms with van der Waals surface area (Å²) in [5.41, 5.74) is -0.00852. The maximum Gasteiger partial charge on any atom is 0.417 e. The van der Waals surface area contributed by atoms with Gasteiger partial charge in [0.15, 0.2) is 0 Å². The van der Waals surface area contributed by atoms with E-state index in [1.165, 1.54) is 23.7 Å². The molecule has 0 saturated carbocycles. The first-order valence-electron chi connectivity index (χ1n) is 9.71. The zero-order chi connectivity index (χ0) is 23.6. The molecule has 0 radical (unpaired) electrons. The lowest BCUT2D eigenvalue weighted by Gasteiger charge is -2.14. The second-order valence-corrected chi connectivity index (χ2v) is 9.17. The van der Waals surface area contributed by atoms with Gasteiger partial charge in [0.05, 0.1) is 28.1 Å². The molecule has 0 bridgehead atoms. The molecule has 0 atom stereocenters. The van der Waals surface area contributed by atoms with Crippen LogP contribution in [0.25, 0.3) is 11.3 Å². The van der Waals surface area contributed by atoms with Crippen LogP contribution in [0.1, 0.15) is 33.6 Å². The Kier molecular flexibility index (Phi) is 6.36. The van der Waals surface area contributed by atoms with Crippen LogP contribution in [0.3, 0.4) is 0 Å². The van der Waals surface area contributed by atoms with Gasteiger partial charge in [0.2, 0.25) is 5.91 Å². The number of fused-ring (bicyclic) bond motifs is 1. The number of hydrogen-bond acceptors (Lipinski definition) is 7. The van der Waals surface area contributed by atoms with Gasteiger partial charge in [-0.1, -0.05) is 11.8 Å². The topological polar surface area (TPSA) is 102 Å². The highest BCUT2D eigenvalue weighted by atomic mass is 32.2. The predicted octanol–water partition coefficient (Wildman–Crippen LogP) is 5.19. The third-order valence-electron chi connectivity index (χ3n) is 4.99. The van der Waals surface area contributed by atoms with Gasteiger partial charge < -0.3 is 5.32 Å². The second-order valence-electron chi connectivity index (χ2n) is 7.10. The van der Waals surface area contributed by atoms with Gasteiger partial charge in [-0.15, -0.1) is 11.3 Å². The minimum atomic E-state index is -4.78. The van der Waals surface area contributed by atoms with E-state index in [4.69, 9.17) is 0 Å². The number of hydrogen-bond donors (Lipinski definition) is 1. The molecule has 4 rings (SSSR count). The third-order valence-corrected chi connectivity index (χ3v) is 7.17. The maximum atomic E-state index is 13.6. The van der Waals surface area contributed by atoms with E-state index in [1.807, 2.05) is 0 Å². The molecule has 166 valence electrons. The molecule has 3 heterocycles. The smallest absolute Gasteiger partial charge is 0.316 e. The molecule has 0 aromatic carbocycles.